The van der Waals surface area contributed by atoms with Gasteiger partial charge in [0.25, 0.3) is 0 Å². The van der Waals surface area contributed by atoms with Crippen molar-refractivity contribution >= 4 is 14.7 Å². The molecule has 2 nitrogen and oxygen atoms in total. The summed E-state index contributed by atoms with van der Waals surface area (Å²) in [4.78, 5) is 0.725. The van der Waals surface area contributed by atoms with E-state index in [1.54, 1.807) is 24.3 Å². The summed E-state index contributed by atoms with van der Waals surface area (Å²) in [6.07, 6.45) is 0. The molecule has 3 aromatic carbocycles. The minimum Gasteiger partial charge on any atom is -0.218 e. The van der Waals surface area contributed by atoms with E-state index in [0.29, 0.717) is 9.80 Å². The van der Waals surface area contributed by atoms with Crippen molar-refractivity contribution in [2.75, 3.05) is 0 Å². The summed E-state index contributed by atoms with van der Waals surface area (Å²) in [5.74, 6) is 0. The lowest BCUT2D eigenvalue weighted by Gasteiger charge is -2.07. The van der Waals surface area contributed by atoms with Gasteiger partial charge in [-0.05, 0) is 29.8 Å². The average molecular weight is 447 g/mol. The van der Waals surface area contributed by atoms with E-state index in [1.807, 2.05) is 70.8 Å². The molecule has 0 aromatic heterocycles. The van der Waals surface area contributed by atoms with Gasteiger partial charge >= 0.3 is 21.2 Å². The monoisotopic (exact) mass is 447 g/mol. The first-order valence-corrected chi connectivity index (χ1v) is 11.2. The summed E-state index contributed by atoms with van der Waals surface area (Å²) >= 11 is -0.538. The summed E-state index contributed by atoms with van der Waals surface area (Å²) in [7, 11) is -3.54. The third kappa shape index (κ3) is 3.94. The third-order valence-corrected chi connectivity index (χ3v) is 8.03. The van der Waals surface area contributed by atoms with Crippen molar-refractivity contribution in [1.82, 2.24) is 0 Å². The van der Waals surface area contributed by atoms with Crippen LogP contribution in [0.25, 0.3) is 4.91 Å². The zero-order chi connectivity index (χ0) is 16.8. The molecule has 0 unspecified atom stereocenters. The minimum atomic E-state index is -3.54. The Balaban J connectivity index is 2.06. The highest BCUT2D eigenvalue weighted by atomic mass is 127. The first-order valence-electron chi connectivity index (χ1n) is 7.42. The van der Waals surface area contributed by atoms with Crippen LogP contribution in [0.3, 0.4) is 0 Å². The minimum absolute atomic E-state index is 0.331. The molecule has 0 N–H and O–H groups in total. The van der Waals surface area contributed by atoms with Crippen LogP contribution in [-0.4, -0.2) is 8.42 Å². The molecule has 0 aliphatic heterocycles. The average Bonchev–Trinajstić information content (AvgIpc) is 2.64. The zero-order valence-electron chi connectivity index (χ0n) is 12.8. The van der Waals surface area contributed by atoms with Crippen LogP contribution in [0.4, 0.5) is 0 Å². The van der Waals surface area contributed by atoms with Crippen molar-refractivity contribution < 1.29 is 29.6 Å². The zero-order valence-corrected chi connectivity index (χ0v) is 15.8. The molecular weight excluding hydrogens is 431 g/mol. The molecule has 24 heavy (non-hydrogen) atoms. The third-order valence-electron chi connectivity index (χ3n) is 3.41. The Kier molecular flexibility index (Phi) is 5.48. The molecule has 0 saturated carbocycles. The highest BCUT2D eigenvalue weighted by Crippen LogP contribution is 2.26. The van der Waals surface area contributed by atoms with Gasteiger partial charge in [-0.2, -0.15) is 0 Å². The number of sulfone groups is 1. The number of hydrogen-bond donors (Lipinski definition) is 0. The van der Waals surface area contributed by atoms with E-state index in [-0.39, 0.29) is 0 Å². The largest absolute Gasteiger partial charge is 0.350 e. The molecule has 0 heterocycles. The normalized spacial score (nSPS) is 12.1. The van der Waals surface area contributed by atoms with Crippen molar-refractivity contribution in [2.24, 2.45) is 0 Å². The van der Waals surface area contributed by atoms with Crippen LogP contribution in [0.15, 0.2) is 100.0 Å². The van der Waals surface area contributed by atoms with Crippen molar-refractivity contribution in [1.29, 1.82) is 0 Å². The van der Waals surface area contributed by atoms with Crippen molar-refractivity contribution in [3.8, 4) is 0 Å². The number of hydrogen-bond acceptors (Lipinski definition) is 2. The molecule has 0 spiro atoms. The van der Waals surface area contributed by atoms with Crippen LogP contribution in [0.2, 0.25) is 0 Å². The molecule has 0 atom stereocenters. The van der Waals surface area contributed by atoms with E-state index in [1.165, 1.54) is 3.57 Å². The Morgan fingerprint density at radius 2 is 1.21 bits per heavy atom. The van der Waals surface area contributed by atoms with Gasteiger partial charge < -0.3 is 0 Å². The van der Waals surface area contributed by atoms with Crippen molar-refractivity contribution in [3.63, 3.8) is 0 Å². The first-order chi connectivity index (χ1) is 11.7. The van der Waals surface area contributed by atoms with Gasteiger partial charge in [0.2, 0.25) is 9.84 Å². The molecule has 4 heteroatoms. The molecule has 0 aliphatic carbocycles. The molecule has 3 rings (SSSR count). The Morgan fingerprint density at radius 3 is 1.79 bits per heavy atom. The van der Waals surface area contributed by atoms with E-state index in [4.69, 9.17) is 0 Å². The molecule has 120 valence electrons. The Labute approximate surface area is 153 Å². The van der Waals surface area contributed by atoms with Gasteiger partial charge in [-0.15, -0.1) is 0 Å². The maximum atomic E-state index is 13.1. The quantitative estimate of drug-likeness (QED) is 0.555. The lowest BCUT2D eigenvalue weighted by atomic mass is 10.2. The second kappa shape index (κ2) is 7.77. The summed E-state index contributed by atoms with van der Waals surface area (Å²) in [6, 6.07) is 28.0. The number of rotatable bonds is 5. The lowest BCUT2D eigenvalue weighted by Crippen LogP contribution is -3.59. The topological polar surface area (TPSA) is 34.1 Å². The lowest BCUT2D eigenvalue weighted by molar-refractivity contribution is -0.555. The molecule has 0 aliphatic rings. The van der Waals surface area contributed by atoms with Crippen LogP contribution in [0.5, 0.6) is 0 Å². The predicted octanol–water partition coefficient (Wildman–Crippen LogP) is 1.42. The first kappa shape index (κ1) is 16.9. The Morgan fingerprint density at radius 1 is 0.708 bits per heavy atom. The van der Waals surface area contributed by atoms with E-state index in [2.05, 4.69) is 0 Å². The van der Waals surface area contributed by atoms with E-state index in [0.717, 1.165) is 5.56 Å². The van der Waals surface area contributed by atoms with Gasteiger partial charge in [0.1, 0.15) is 4.91 Å². The van der Waals surface area contributed by atoms with Crippen molar-refractivity contribution in [3.05, 3.63) is 104 Å². The van der Waals surface area contributed by atoms with E-state index < -0.39 is 31.0 Å². The molecule has 0 fully saturated rings. The molecule has 0 bridgehead atoms. The molecule has 0 saturated heterocycles. The maximum absolute atomic E-state index is 13.1. The Bertz CT molecular complexity index is 919. The summed E-state index contributed by atoms with van der Waals surface area (Å²) in [6.45, 7) is 0. The van der Waals surface area contributed by atoms with Gasteiger partial charge in [-0.1, -0.05) is 66.7 Å². The fourth-order valence-corrected chi connectivity index (χ4v) is 6.67. The maximum Gasteiger partial charge on any atom is 0.350 e. The molecule has 0 amide bonds. The SMILES string of the molecule is O=S(=O)(/C(=C/[I+]c1ccccc1)c1ccccc1)c1ccccc1. The number of halogens is 1. The Hall–Kier alpha value is -1.92. The van der Waals surface area contributed by atoms with Crippen molar-refractivity contribution in [2.45, 2.75) is 4.90 Å². The van der Waals surface area contributed by atoms with E-state index in [9.17, 15) is 8.42 Å². The summed E-state index contributed by atoms with van der Waals surface area (Å²) in [5, 5.41) is 0. The fraction of sp³-hybridized carbons (Fsp3) is 0. The van der Waals surface area contributed by atoms with Crippen LogP contribution in [0.1, 0.15) is 5.56 Å². The number of benzene rings is 3. The summed E-state index contributed by atoms with van der Waals surface area (Å²) in [5.41, 5.74) is 0.733. The molecule has 0 radical (unpaired) electrons. The van der Waals surface area contributed by atoms with Crippen LogP contribution in [-0.2, 0) is 9.84 Å². The second-order valence-corrected chi connectivity index (χ2v) is 9.47. The van der Waals surface area contributed by atoms with Gasteiger partial charge in [-0.3, -0.25) is 0 Å². The molecule has 3 aromatic rings. The van der Waals surface area contributed by atoms with Gasteiger partial charge in [0.15, 0.2) is 7.65 Å². The van der Waals surface area contributed by atoms with Crippen LogP contribution >= 0.6 is 0 Å². The molecular formula is C20H16IO2S+. The van der Waals surface area contributed by atoms with Gasteiger partial charge in [0.05, 0.1) is 4.90 Å². The fourth-order valence-electron chi connectivity index (χ4n) is 2.21. The highest BCUT2D eigenvalue weighted by Gasteiger charge is 2.26. The van der Waals surface area contributed by atoms with Crippen LogP contribution in [0, 0.1) is 3.57 Å². The smallest absolute Gasteiger partial charge is 0.218 e. The second-order valence-electron chi connectivity index (χ2n) is 5.06. The van der Waals surface area contributed by atoms with Gasteiger partial charge in [0, 0.05) is 0 Å². The van der Waals surface area contributed by atoms with Crippen LogP contribution < -0.4 is 21.2 Å². The highest BCUT2D eigenvalue weighted by molar-refractivity contribution is 8.00. The standard InChI is InChI=1S/C20H16IO2S/c22-24(23,19-14-8-3-9-15-19)20(17-10-4-1-5-11-17)16-21-18-12-6-2-7-13-18/h1-16H/q+1/b20-16+. The predicted molar refractivity (Wildman–Crippen MR) is 93.2 cm³/mol. The van der Waals surface area contributed by atoms with E-state index >= 15 is 0 Å². The van der Waals surface area contributed by atoms with Gasteiger partial charge in [-0.25, -0.2) is 8.42 Å². The summed E-state index contributed by atoms with van der Waals surface area (Å²) < 4.78 is 29.3.